The highest BCUT2D eigenvalue weighted by Crippen LogP contribution is 2.05. The molecule has 3 heterocycles. The van der Waals surface area contributed by atoms with Gasteiger partial charge >= 0.3 is 0 Å². The monoisotopic (exact) mass is 761 g/mol. The molecule has 0 saturated heterocycles. The first-order valence-corrected chi connectivity index (χ1v) is 19.0. The maximum absolute atomic E-state index is 12.8. The molecule has 0 bridgehead atoms. The minimum Gasteiger partial charge on any atom is -0.349 e. The molecule has 0 aliphatic carbocycles. The van der Waals surface area contributed by atoms with Gasteiger partial charge in [-0.3, -0.25) is 33.7 Å². The second kappa shape index (κ2) is 24.5. The molecule has 296 valence electrons. The largest absolute Gasteiger partial charge is 0.349 e. The zero-order valence-electron chi connectivity index (χ0n) is 32.3. The van der Waals surface area contributed by atoms with Crippen molar-refractivity contribution < 1.29 is 42.5 Å². The van der Waals surface area contributed by atoms with Crippen LogP contribution in [-0.2, 0) is 48.4 Å². The number of nitrogens with zero attached hydrogens (tertiary/aromatic N) is 4. The van der Waals surface area contributed by atoms with Gasteiger partial charge in [-0.2, -0.15) is 13.7 Å². The molecule has 6 N–H and O–H groups in total. The molecule has 16 heteroatoms. The Morgan fingerprint density at radius 1 is 0.473 bits per heavy atom. The lowest BCUT2D eigenvalue weighted by molar-refractivity contribution is -0.683. The fourth-order valence-electron chi connectivity index (χ4n) is 5.50. The summed E-state index contributed by atoms with van der Waals surface area (Å²) in [6.07, 6.45) is 13.8. The zero-order valence-corrected chi connectivity index (χ0v) is 32.3. The number of aromatic nitrogens is 3. The molecule has 0 saturated carbocycles. The van der Waals surface area contributed by atoms with Crippen LogP contribution in [0.2, 0.25) is 0 Å². The van der Waals surface area contributed by atoms with Gasteiger partial charge in [-0.1, -0.05) is 20.8 Å². The van der Waals surface area contributed by atoms with Crippen molar-refractivity contribution >= 4 is 52.5 Å². The molecule has 6 amide bonds. The fraction of sp³-hybridized carbons (Fsp3) is 0.462. The van der Waals surface area contributed by atoms with Crippen LogP contribution in [0, 0.1) is 0 Å². The molecule has 3 rings (SSSR count). The highest BCUT2D eigenvalue weighted by atomic mass is 16.2. The maximum atomic E-state index is 12.8. The van der Waals surface area contributed by atoms with E-state index in [0.717, 1.165) is 19.3 Å². The third kappa shape index (κ3) is 18.2. The number of carbonyl (C=O) groups is 6. The standard InChI is InChI=1S/C39H54N10O6/c1-4-10-34(50)43-31-13-7-19-47(25-31)28-37(53)40-16-22-46(23-17-41-38(54)29-48-20-8-14-32(26-48)44-35(51)11-5-2)24-18-42-39(55)30-49-21-9-15-33(27-49)45-36(52)12-6-3/h7-9,13-15,19-21,25-27H,4-6,10-12,16-18,22-24,28-30H2,1-3H3,(H3-3,40,41,42,43,44,45,50,51,52,53,54,55)/p+3. The Balaban J connectivity index is 1.53. The van der Waals surface area contributed by atoms with Crippen molar-refractivity contribution in [1.82, 2.24) is 20.9 Å². The number of hydrogen-bond acceptors (Lipinski definition) is 7. The lowest BCUT2D eigenvalue weighted by atomic mass is 10.3. The van der Waals surface area contributed by atoms with Crippen LogP contribution in [0.25, 0.3) is 0 Å². The maximum Gasteiger partial charge on any atom is 0.286 e. The third-order valence-electron chi connectivity index (χ3n) is 8.09. The summed E-state index contributed by atoms with van der Waals surface area (Å²) >= 11 is 0. The van der Waals surface area contributed by atoms with Crippen LogP contribution in [0.5, 0.6) is 0 Å². The van der Waals surface area contributed by atoms with Crippen molar-refractivity contribution in [1.29, 1.82) is 0 Å². The smallest absolute Gasteiger partial charge is 0.286 e. The summed E-state index contributed by atoms with van der Waals surface area (Å²) in [6, 6.07) is 10.6. The van der Waals surface area contributed by atoms with Gasteiger partial charge in [-0.25, -0.2) is 0 Å². The Bertz CT molecular complexity index is 1540. The average molecular weight is 762 g/mol. The number of rotatable bonds is 24. The summed E-state index contributed by atoms with van der Waals surface area (Å²) < 4.78 is 5.08. The van der Waals surface area contributed by atoms with E-state index >= 15 is 0 Å². The van der Waals surface area contributed by atoms with Gasteiger partial charge in [0.25, 0.3) is 17.7 Å². The van der Waals surface area contributed by atoms with Crippen molar-refractivity contribution in [2.75, 3.05) is 55.2 Å². The Morgan fingerprint density at radius 3 is 1.04 bits per heavy atom. The van der Waals surface area contributed by atoms with E-state index in [1.54, 1.807) is 87.3 Å². The molecule has 0 aliphatic rings. The average Bonchev–Trinajstić information content (AvgIpc) is 3.12. The molecule has 0 fully saturated rings. The summed E-state index contributed by atoms with van der Waals surface area (Å²) in [5.41, 5.74) is 1.83. The van der Waals surface area contributed by atoms with Crippen molar-refractivity contribution in [3.63, 3.8) is 0 Å². The van der Waals surface area contributed by atoms with Gasteiger partial charge in [0, 0.05) is 76.7 Å². The number of amides is 6. The number of anilines is 3. The van der Waals surface area contributed by atoms with E-state index in [9.17, 15) is 28.8 Å². The van der Waals surface area contributed by atoms with E-state index < -0.39 is 0 Å². The van der Waals surface area contributed by atoms with Gasteiger partial charge in [-0.15, -0.1) is 0 Å². The molecule has 0 aromatic carbocycles. The Morgan fingerprint density at radius 2 is 0.764 bits per heavy atom. The van der Waals surface area contributed by atoms with Gasteiger partial charge in [0.1, 0.15) is 17.1 Å². The summed E-state index contributed by atoms with van der Waals surface area (Å²) in [6.45, 7) is 8.32. The summed E-state index contributed by atoms with van der Waals surface area (Å²) in [5, 5.41) is 17.3. The second-order valence-corrected chi connectivity index (χ2v) is 13.1. The molecule has 0 aliphatic heterocycles. The number of hydrogen-bond donors (Lipinski definition) is 6. The van der Waals surface area contributed by atoms with Crippen LogP contribution in [0.1, 0.15) is 59.3 Å². The van der Waals surface area contributed by atoms with Gasteiger partial charge in [0.2, 0.25) is 37.4 Å². The highest BCUT2D eigenvalue weighted by molar-refractivity contribution is 5.91. The Hall–Kier alpha value is -5.77. The zero-order chi connectivity index (χ0) is 39.8. The summed E-state index contributed by atoms with van der Waals surface area (Å²) in [5.74, 6) is -0.882. The van der Waals surface area contributed by atoms with Crippen LogP contribution in [0.3, 0.4) is 0 Å². The number of nitrogens with one attached hydrogen (secondary N) is 6. The van der Waals surface area contributed by atoms with Crippen LogP contribution in [0.15, 0.2) is 73.6 Å². The molecular weight excluding hydrogens is 704 g/mol. The van der Waals surface area contributed by atoms with Crippen molar-refractivity contribution in [2.45, 2.75) is 78.9 Å². The first-order chi connectivity index (χ1) is 26.6. The Labute approximate surface area is 323 Å². The summed E-state index contributed by atoms with van der Waals surface area (Å²) in [7, 11) is 0. The molecule has 0 spiro atoms. The van der Waals surface area contributed by atoms with Crippen LogP contribution in [-0.4, -0.2) is 79.6 Å². The summed E-state index contributed by atoms with van der Waals surface area (Å²) in [4.78, 5) is 76.4. The quantitative estimate of drug-likeness (QED) is 0.0729. The molecule has 3 aromatic heterocycles. The predicted molar refractivity (Wildman–Crippen MR) is 206 cm³/mol. The highest BCUT2D eigenvalue weighted by Gasteiger charge is 2.16. The Kier molecular flexibility index (Phi) is 19.5. The second-order valence-electron chi connectivity index (χ2n) is 13.1. The molecule has 0 radical (unpaired) electrons. The fourth-order valence-corrected chi connectivity index (χ4v) is 5.50. The molecular formula is C39H57N10O6+3. The molecule has 0 atom stereocenters. The minimum absolute atomic E-state index is 0.0614. The lowest BCUT2D eigenvalue weighted by Gasteiger charge is -2.22. The van der Waals surface area contributed by atoms with Gasteiger partial charge in [0.05, 0.1) is 0 Å². The van der Waals surface area contributed by atoms with Gasteiger partial charge in [0.15, 0.2) is 37.2 Å². The third-order valence-corrected chi connectivity index (χ3v) is 8.09. The molecule has 0 unspecified atom stereocenters. The van der Waals surface area contributed by atoms with Crippen molar-refractivity contribution in [3.05, 3.63) is 73.6 Å². The van der Waals surface area contributed by atoms with Crippen molar-refractivity contribution in [2.24, 2.45) is 0 Å². The van der Waals surface area contributed by atoms with E-state index in [4.69, 9.17) is 0 Å². The first kappa shape index (κ1) is 43.6. The van der Waals surface area contributed by atoms with Gasteiger partial charge in [-0.05, 0) is 37.5 Å². The molecule has 55 heavy (non-hydrogen) atoms. The minimum atomic E-state index is -0.209. The molecule has 16 nitrogen and oxygen atoms in total. The van der Waals surface area contributed by atoms with Crippen molar-refractivity contribution in [3.8, 4) is 0 Å². The topological polar surface area (TPSA) is 189 Å². The van der Waals surface area contributed by atoms with Crippen LogP contribution >= 0.6 is 0 Å². The normalized spacial score (nSPS) is 10.7. The van der Waals surface area contributed by atoms with E-state index in [1.807, 2.05) is 25.7 Å². The van der Waals surface area contributed by atoms with E-state index in [0.29, 0.717) is 75.6 Å². The predicted octanol–water partition coefficient (Wildman–Crippen LogP) is 0.816. The SMILES string of the molecule is CCCC(=O)Nc1ccc[n+](CC(=O)NCCN(CCNC(=O)C[n+]2cccc(NC(=O)CCC)c2)CCNC(=O)C[n+]2cccc(NC(=O)CCC)c2)c1. The number of pyridine rings is 3. The van der Waals surface area contributed by atoms with Crippen LogP contribution < -0.4 is 45.6 Å². The van der Waals surface area contributed by atoms with Crippen LogP contribution in [0.4, 0.5) is 17.1 Å². The molecule has 3 aromatic rings. The first-order valence-electron chi connectivity index (χ1n) is 19.0. The van der Waals surface area contributed by atoms with E-state index in [2.05, 4.69) is 31.9 Å². The van der Waals surface area contributed by atoms with E-state index in [-0.39, 0.29) is 55.1 Å². The van der Waals surface area contributed by atoms with E-state index in [1.165, 1.54) is 0 Å². The van der Waals surface area contributed by atoms with Gasteiger partial charge < -0.3 is 31.9 Å². The number of carbonyl (C=O) groups excluding carboxylic acids is 6. The lowest BCUT2D eigenvalue weighted by Crippen LogP contribution is -2.48.